The number of β-amino-alcohol motifs (C(OH)–C–C–N with tert-alkyl or cyclic N) is 1. The van der Waals surface area contributed by atoms with Crippen LogP contribution in [0.4, 0.5) is 0 Å². The smallest absolute Gasteiger partial charge is 0.691 e. The number of thiazole rings is 1. The molecule has 8 amide bonds. The third-order valence-corrected chi connectivity index (χ3v) is 16.6. The quantitative estimate of drug-likeness (QED) is 0.0122. The molecule has 12 unspecified atom stereocenters. The number of primary amides is 1. The molecule has 4 heterocycles. The standard InChI is InChI=1S/C57H73N9O20S2.Na/c1-4-5-6-7-18-83-36-15-13-33(14-16-36)55-60-25-43(87-55)31-9-11-32(12-10-31)50(75)61-37-21-34(68)24-59-54(79)48-49(74)28(2)26-66(48)57(81)47(41(72)23-44(58)73)64-53(78)46(40(71)19-30-8-17-39(70)42(20-30)84-88-86-85-82)63-52(77)38-22-35(69)27-65(38)56(80)45(29(3)67)62-51(37)76;/h8-17,20,25,28-29,34-35,37-38,40-41,45-49,67-72,74,82H,4-7,18-19,21-24,26-27H2,1-3H3,(H2,58,73)(H,59,79)(H,61,75)(H,62,76)(H,63,77)(H,64,78);/q;+1/p-1/t28?,29?,34?,35?,37-,38?,40?,41?,45?,46?,47?,48?,49?;/m0./s1. The summed E-state index contributed by atoms with van der Waals surface area (Å²) in [5.41, 5.74) is 7.06. The number of carbonyl (C=O) groups is 8. The zero-order valence-corrected chi connectivity index (χ0v) is 52.7. The first-order chi connectivity index (χ1) is 42.0. The number of nitrogens with zero attached hydrogens (tertiary/aromatic N) is 3. The molecule has 13 atom stereocenters. The number of aromatic nitrogens is 1. The third-order valence-electron chi connectivity index (χ3n) is 15.1. The summed E-state index contributed by atoms with van der Waals surface area (Å²) in [7, 11) is 0. The number of phenols is 1. The van der Waals surface area contributed by atoms with Crippen molar-refractivity contribution in [2.75, 3.05) is 26.2 Å². The monoisotopic (exact) mass is 1290 g/mol. The number of benzene rings is 3. The van der Waals surface area contributed by atoms with Gasteiger partial charge in [-0.2, -0.15) is 0 Å². The fourth-order valence-corrected chi connectivity index (χ4v) is 11.6. The van der Waals surface area contributed by atoms with Crippen LogP contribution in [-0.2, 0) is 49.4 Å². The topological polar surface area (TPSA) is 444 Å². The average molecular weight is 1290 g/mol. The summed E-state index contributed by atoms with van der Waals surface area (Å²) in [6.45, 7) is 3.63. The Morgan fingerprint density at radius 3 is 2.17 bits per heavy atom. The van der Waals surface area contributed by atoms with E-state index in [9.17, 15) is 79.4 Å². The minimum atomic E-state index is -2.22. The van der Waals surface area contributed by atoms with Crippen molar-refractivity contribution in [2.45, 2.75) is 145 Å². The van der Waals surface area contributed by atoms with Gasteiger partial charge < -0.3 is 92.0 Å². The van der Waals surface area contributed by atoms with Crippen molar-refractivity contribution >= 4 is 70.9 Å². The van der Waals surface area contributed by atoms with Gasteiger partial charge >= 0.3 is 29.6 Å². The maximum atomic E-state index is 14.7. The maximum Gasteiger partial charge on any atom is 1.00 e. The van der Waals surface area contributed by atoms with Crippen LogP contribution in [0.15, 0.2) is 72.9 Å². The number of hydrogen-bond acceptors (Lipinski definition) is 23. The van der Waals surface area contributed by atoms with E-state index >= 15 is 0 Å². The molecule has 478 valence electrons. The van der Waals surface area contributed by atoms with Gasteiger partial charge in [-0.05, 0) is 73.0 Å². The summed E-state index contributed by atoms with van der Waals surface area (Å²) in [5.74, 6) is -10.4. The van der Waals surface area contributed by atoms with Gasteiger partial charge in [-0.3, -0.25) is 43.4 Å². The predicted octanol–water partition coefficient (Wildman–Crippen LogP) is -4.86. The molecule has 29 nitrogen and oxygen atoms in total. The van der Waals surface area contributed by atoms with Crippen molar-refractivity contribution in [1.82, 2.24) is 41.4 Å². The van der Waals surface area contributed by atoms with Crippen LogP contribution in [0.3, 0.4) is 0 Å². The Kier molecular flexibility index (Phi) is 26.9. The first kappa shape index (κ1) is 71.5. The molecule has 0 radical (unpaired) electrons. The molecule has 3 aromatic carbocycles. The Hall–Kier alpha value is -6.56. The number of fused-ring (bicyclic) bond motifs is 2. The first-order valence-corrected chi connectivity index (χ1v) is 29.8. The van der Waals surface area contributed by atoms with Crippen LogP contribution in [0.1, 0.15) is 81.6 Å². The van der Waals surface area contributed by atoms with E-state index in [2.05, 4.69) is 47.9 Å². The number of amides is 8. The van der Waals surface area contributed by atoms with Gasteiger partial charge in [-0.25, -0.2) is 4.98 Å². The molecule has 0 bridgehead atoms. The fraction of sp³-hybridized carbons (Fsp3) is 0.491. The largest absolute Gasteiger partial charge is 1.00 e. The number of nitrogens with two attached hydrogens (primary N) is 1. The van der Waals surface area contributed by atoms with Gasteiger partial charge in [-0.1, -0.05) is 51.3 Å². The molecule has 89 heavy (non-hydrogen) atoms. The van der Waals surface area contributed by atoms with Gasteiger partial charge in [0.1, 0.15) is 47.0 Å². The number of aliphatic hydroxyl groups is 6. The van der Waals surface area contributed by atoms with Crippen LogP contribution in [0.25, 0.3) is 21.0 Å². The zero-order chi connectivity index (χ0) is 63.9. The van der Waals surface area contributed by atoms with Crippen LogP contribution in [-0.4, -0.2) is 197 Å². The number of aliphatic hydroxyl groups excluding tert-OH is 6. The molecule has 32 heteroatoms. The number of carbonyl (C=O) groups excluding carboxylic acids is 8. The van der Waals surface area contributed by atoms with E-state index in [0.717, 1.165) is 75.7 Å². The normalized spacial score (nSPS) is 24.9. The molecule has 0 spiro atoms. The molecule has 7 rings (SSSR count). The molecule has 3 aliphatic heterocycles. The summed E-state index contributed by atoms with van der Waals surface area (Å²) in [5, 5.41) is 105. The molecule has 0 saturated carbocycles. The predicted molar refractivity (Wildman–Crippen MR) is 310 cm³/mol. The maximum absolute atomic E-state index is 14.7. The van der Waals surface area contributed by atoms with E-state index in [1.807, 2.05) is 24.3 Å². The van der Waals surface area contributed by atoms with E-state index in [-0.39, 0.29) is 58.8 Å². The number of phenolic OH excluding ortho intramolecular Hbond substituents is 1. The van der Waals surface area contributed by atoms with Crippen molar-refractivity contribution in [3.63, 3.8) is 0 Å². The zero-order valence-electron chi connectivity index (χ0n) is 49.1. The van der Waals surface area contributed by atoms with Crippen molar-refractivity contribution in [3.8, 4) is 38.3 Å². The number of aromatic hydroxyl groups is 1. The Balaban J connectivity index is 0.0000126. The number of hydrogen-bond donors (Lipinski definition) is 13. The summed E-state index contributed by atoms with van der Waals surface area (Å²) in [6.07, 6.45) is -7.61. The van der Waals surface area contributed by atoms with Crippen LogP contribution >= 0.6 is 23.7 Å². The van der Waals surface area contributed by atoms with E-state index in [1.54, 1.807) is 18.3 Å². The fourth-order valence-electron chi connectivity index (χ4n) is 10.4. The van der Waals surface area contributed by atoms with Gasteiger partial charge in [0.2, 0.25) is 41.4 Å². The van der Waals surface area contributed by atoms with E-state index in [4.69, 9.17) is 14.7 Å². The molecule has 0 aliphatic carbocycles. The molecule has 1 aromatic heterocycles. The first-order valence-electron chi connectivity index (χ1n) is 28.4. The van der Waals surface area contributed by atoms with Crippen molar-refractivity contribution in [3.05, 3.63) is 84.1 Å². The van der Waals surface area contributed by atoms with Crippen LogP contribution in [0, 0.1) is 5.92 Å². The van der Waals surface area contributed by atoms with Gasteiger partial charge in [0.25, 0.3) is 18.2 Å². The Morgan fingerprint density at radius 1 is 0.820 bits per heavy atom. The summed E-state index contributed by atoms with van der Waals surface area (Å²) >= 11 is 1.40. The van der Waals surface area contributed by atoms with Crippen molar-refractivity contribution in [1.29, 1.82) is 0 Å². The molecule has 3 saturated heterocycles. The molecule has 3 fully saturated rings. The van der Waals surface area contributed by atoms with E-state index in [0.29, 0.717) is 12.2 Å². The van der Waals surface area contributed by atoms with E-state index in [1.165, 1.54) is 36.5 Å². The van der Waals surface area contributed by atoms with Crippen molar-refractivity contribution in [2.24, 2.45) is 11.7 Å². The van der Waals surface area contributed by atoms with Crippen LogP contribution in [0.5, 0.6) is 17.2 Å². The van der Waals surface area contributed by atoms with Gasteiger partial charge in [0.05, 0.1) is 54.5 Å². The molecular weight excluding hydrogens is 1220 g/mol. The summed E-state index contributed by atoms with van der Waals surface area (Å²) in [4.78, 5) is 120. The molecule has 4 aromatic rings. The number of ether oxygens (including phenoxy) is 1. The molecular formula is C57H72N9NaO20S2. The second-order valence-corrected chi connectivity index (χ2v) is 23.3. The second-order valence-electron chi connectivity index (χ2n) is 21.8. The third kappa shape index (κ3) is 19.0. The number of nitrogens with one attached hydrogen (secondary N) is 5. The Labute approximate surface area is 541 Å². The Bertz CT molecular complexity index is 3100. The minimum absolute atomic E-state index is 0. The number of unbranched alkanes of at least 4 members (excludes halogenated alkanes) is 3. The minimum Gasteiger partial charge on any atom is -0.691 e. The summed E-state index contributed by atoms with van der Waals surface area (Å²) in [6, 6.07) is 5.62. The summed E-state index contributed by atoms with van der Waals surface area (Å²) < 4.78 is 15.0. The average Bonchev–Trinajstić information content (AvgIpc) is 3.18. The van der Waals surface area contributed by atoms with Gasteiger partial charge in [-0.15, -0.1) is 15.7 Å². The van der Waals surface area contributed by atoms with E-state index < -0.39 is 177 Å². The van der Waals surface area contributed by atoms with Crippen LogP contribution < -0.4 is 76.1 Å². The van der Waals surface area contributed by atoms with Crippen LogP contribution in [0.2, 0.25) is 0 Å². The van der Waals surface area contributed by atoms with Crippen molar-refractivity contribution < 1.29 is 127 Å². The number of rotatable bonds is 21. The van der Waals surface area contributed by atoms with Gasteiger partial charge in [0, 0.05) is 62.1 Å². The Morgan fingerprint density at radius 2 is 1.49 bits per heavy atom. The molecule has 14 N–H and O–H groups in total. The second kappa shape index (κ2) is 33.5. The molecule has 3 aliphatic rings. The van der Waals surface area contributed by atoms with Gasteiger partial charge in [0.15, 0.2) is 11.5 Å². The SMILES string of the molecule is CCCCCCOc1ccc(-c2ncc(-c3ccc(C(=O)N[C@H]4CC(O)CNC(=O)C5C(O)C(C)CN5C(=O)C(C(O)CC(N)=O)NC(=O)C(C(O)Cc5ccc(O)c(OSOO[O-])c5)NC(=O)C5CC(O)CN5C(=O)C(C(C)O)NC4=O)cc3)s2)cc1.[Na+].